The lowest BCUT2D eigenvalue weighted by molar-refractivity contribution is -0.130. The lowest BCUT2D eigenvalue weighted by Crippen LogP contribution is -2.56. The van der Waals surface area contributed by atoms with E-state index in [9.17, 15) is 18.0 Å². The summed E-state index contributed by atoms with van der Waals surface area (Å²) in [6, 6.07) is 7.12. The van der Waals surface area contributed by atoms with E-state index in [0.717, 1.165) is 54.7 Å². The molecule has 4 atom stereocenters. The highest BCUT2D eigenvalue weighted by molar-refractivity contribution is 7.91. The zero-order chi connectivity index (χ0) is 35.8. The molecule has 4 aliphatic rings. The van der Waals surface area contributed by atoms with Gasteiger partial charge in [0.15, 0.2) is 5.13 Å². The summed E-state index contributed by atoms with van der Waals surface area (Å²) in [5, 5.41) is 13.2. The molecule has 14 heteroatoms. The van der Waals surface area contributed by atoms with E-state index >= 15 is 0 Å². The summed E-state index contributed by atoms with van der Waals surface area (Å²) in [4.78, 5) is 37.2. The topological polar surface area (TPSA) is 161 Å². The number of anilines is 1. The fraction of sp³-hybridized carbons (Fsp3) is 0.568. The number of carbonyl (C=O) groups is 2. The first-order chi connectivity index (χ1) is 24.5. The monoisotopic (exact) mass is 736 g/mol. The van der Waals surface area contributed by atoms with Gasteiger partial charge in [-0.3, -0.25) is 14.3 Å². The molecule has 7 rings (SSSR count). The van der Waals surface area contributed by atoms with Crippen molar-refractivity contribution in [1.82, 2.24) is 25.3 Å². The number of fused-ring (bicyclic) bond motifs is 2. The molecule has 51 heavy (non-hydrogen) atoms. The van der Waals surface area contributed by atoms with Crippen LogP contribution in [0.15, 0.2) is 41.8 Å². The van der Waals surface area contributed by atoms with Crippen molar-refractivity contribution in [1.29, 1.82) is 0 Å². The SMILES string of the molecule is COc1ccc2c(O[C@H]3CN[C@H](C(=O)N[C@]45C[C@H]4/C=C/CCCCCCCC4(CC4)S(=O)(=O)NC5=O)C3)cc(-c3csc(NC(C)C)n3)nc2c1. The number of allylic oxidation sites excluding steroid dienone is 1. The Morgan fingerprint density at radius 2 is 1.86 bits per heavy atom. The maximum Gasteiger partial charge on any atom is 0.259 e. The van der Waals surface area contributed by atoms with Crippen molar-refractivity contribution in [3.8, 4) is 22.9 Å². The van der Waals surface area contributed by atoms with E-state index in [1.165, 1.54) is 11.3 Å². The Kier molecular flexibility index (Phi) is 10.0. The van der Waals surface area contributed by atoms with Crippen molar-refractivity contribution < 1.29 is 27.5 Å². The third kappa shape index (κ3) is 7.59. The van der Waals surface area contributed by atoms with Crippen LogP contribution in [-0.2, 0) is 19.6 Å². The standard InChI is InChI=1S/C37H48N6O6S2/c1-23(2)39-35-41-31(22-50-35)29-19-32(27-13-12-25(48-3)17-28(27)40-29)49-26-18-30(38-21-26)33(44)42-37-20-24(37)11-9-7-5-4-6-8-10-14-36(15-16-36)51(46,47)43-34(37)45/h9,11-13,17,19,22-24,26,30,38H,4-8,10,14-16,18,20-21H2,1-3H3,(H,39,41)(H,42,44)(H,43,45)/b11-9+/t24-,26-,30+,37-/m1/s1. The third-order valence-electron chi connectivity index (χ3n) is 10.6. The minimum atomic E-state index is -3.88. The molecule has 0 radical (unpaired) electrons. The molecule has 2 amide bonds. The number of nitrogens with one attached hydrogen (secondary N) is 4. The van der Waals surface area contributed by atoms with Crippen LogP contribution in [0.5, 0.6) is 11.5 Å². The quantitative estimate of drug-likeness (QED) is 0.219. The number of nitrogens with zero attached hydrogens (tertiary/aromatic N) is 2. The minimum absolute atomic E-state index is 0.241. The van der Waals surface area contributed by atoms with Crippen LogP contribution in [0.3, 0.4) is 0 Å². The molecule has 1 saturated heterocycles. The number of thiazole rings is 1. The number of benzene rings is 1. The molecule has 2 aliphatic carbocycles. The normalized spacial score (nSPS) is 27.8. The van der Waals surface area contributed by atoms with Gasteiger partial charge in [-0.1, -0.05) is 37.8 Å². The van der Waals surface area contributed by atoms with Gasteiger partial charge in [0, 0.05) is 47.8 Å². The van der Waals surface area contributed by atoms with Gasteiger partial charge in [-0.25, -0.2) is 18.4 Å². The predicted octanol–water partition coefficient (Wildman–Crippen LogP) is 5.45. The van der Waals surface area contributed by atoms with E-state index < -0.39 is 32.3 Å². The van der Waals surface area contributed by atoms with Gasteiger partial charge >= 0.3 is 0 Å². The Morgan fingerprint density at radius 1 is 1.06 bits per heavy atom. The number of amides is 2. The van der Waals surface area contributed by atoms with Gasteiger partial charge in [-0.05, 0) is 64.5 Å². The zero-order valence-electron chi connectivity index (χ0n) is 29.5. The second kappa shape index (κ2) is 14.3. The molecule has 4 N–H and O–H groups in total. The molecule has 4 heterocycles. The number of methoxy groups -OCH3 is 1. The van der Waals surface area contributed by atoms with Gasteiger partial charge in [0.2, 0.25) is 15.9 Å². The molecule has 12 nitrogen and oxygen atoms in total. The summed E-state index contributed by atoms with van der Waals surface area (Å²) in [5.41, 5.74) is 0.769. The smallest absolute Gasteiger partial charge is 0.259 e. The highest BCUT2D eigenvalue weighted by Gasteiger charge is 2.63. The molecular weight excluding hydrogens is 689 g/mol. The predicted molar refractivity (Wildman–Crippen MR) is 198 cm³/mol. The van der Waals surface area contributed by atoms with E-state index in [1.54, 1.807) is 7.11 Å². The largest absolute Gasteiger partial charge is 0.497 e. The summed E-state index contributed by atoms with van der Waals surface area (Å²) in [6.07, 6.45) is 12.0. The van der Waals surface area contributed by atoms with E-state index in [2.05, 4.69) is 40.6 Å². The van der Waals surface area contributed by atoms with E-state index in [0.29, 0.717) is 61.4 Å². The molecule has 274 valence electrons. The van der Waals surface area contributed by atoms with Crippen LogP contribution in [0.4, 0.5) is 5.13 Å². The van der Waals surface area contributed by atoms with Crippen molar-refractivity contribution in [2.45, 2.75) is 113 Å². The van der Waals surface area contributed by atoms with Crippen LogP contribution < -0.4 is 30.1 Å². The summed E-state index contributed by atoms with van der Waals surface area (Å²) in [5.74, 6) is 0.0239. The average molecular weight is 737 g/mol. The van der Waals surface area contributed by atoms with E-state index in [-0.39, 0.29) is 24.0 Å². The van der Waals surface area contributed by atoms with Crippen molar-refractivity contribution in [3.05, 3.63) is 41.8 Å². The molecule has 3 fully saturated rings. The number of aromatic nitrogens is 2. The van der Waals surface area contributed by atoms with Crippen molar-refractivity contribution in [3.63, 3.8) is 0 Å². The number of sulfonamides is 1. The lowest BCUT2D eigenvalue weighted by Gasteiger charge is -2.23. The number of ether oxygens (including phenoxy) is 2. The molecule has 3 aromatic rings. The van der Waals surface area contributed by atoms with Crippen molar-refractivity contribution in [2.75, 3.05) is 19.0 Å². The maximum atomic E-state index is 13.8. The van der Waals surface area contributed by atoms with Gasteiger partial charge in [0.05, 0.1) is 29.1 Å². The van der Waals surface area contributed by atoms with Crippen molar-refractivity contribution >= 4 is 49.2 Å². The highest BCUT2D eigenvalue weighted by Crippen LogP contribution is 2.49. The van der Waals surface area contributed by atoms with E-state index in [4.69, 9.17) is 19.4 Å². The molecular formula is C37H48N6O6S2. The summed E-state index contributed by atoms with van der Waals surface area (Å²) >= 11 is 1.51. The van der Waals surface area contributed by atoms with Gasteiger partial charge in [0.1, 0.15) is 28.8 Å². The number of carbonyl (C=O) groups excluding carboxylic acids is 2. The first-order valence-electron chi connectivity index (χ1n) is 18.2. The lowest BCUT2D eigenvalue weighted by atomic mass is 10.1. The first kappa shape index (κ1) is 35.6. The Bertz CT molecular complexity index is 1920. The first-order valence-corrected chi connectivity index (χ1v) is 20.5. The van der Waals surface area contributed by atoms with Crippen LogP contribution in [-0.4, -0.2) is 72.3 Å². The number of hydrogen-bond donors (Lipinski definition) is 4. The highest BCUT2D eigenvalue weighted by atomic mass is 32.2. The number of hydrogen-bond acceptors (Lipinski definition) is 11. The van der Waals surface area contributed by atoms with Crippen LogP contribution >= 0.6 is 11.3 Å². The fourth-order valence-corrected chi connectivity index (χ4v) is 9.86. The second-order valence-electron chi connectivity index (χ2n) is 14.8. The van der Waals surface area contributed by atoms with Crippen LogP contribution in [0.25, 0.3) is 22.3 Å². The molecule has 2 aromatic heterocycles. The van der Waals surface area contributed by atoms with Crippen LogP contribution in [0, 0.1) is 5.92 Å². The Labute approximate surface area is 303 Å². The molecule has 1 aromatic carbocycles. The molecule has 2 aliphatic heterocycles. The van der Waals surface area contributed by atoms with Crippen LogP contribution in [0.2, 0.25) is 0 Å². The van der Waals surface area contributed by atoms with Gasteiger partial charge in [0.25, 0.3) is 5.91 Å². The molecule has 2 saturated carbocycles. The summed E-state index contributed by atoms with van der Waals surface area (Å²) in [7, 11) is -2.27. The van der Waals surface area contributed by atoms with Gasteiger partial charge in [-0.2, -0.15) is 0 Å². The maximum absolute atomic E-state index is 13.8. The van der Waals surface area contributed by atoms with Crippen molar-refractivity contribution in [2.24, 2.45) is 5.92 Å². The fourth-order valence-electron chi connectivity index (χ4n) is 7.31. The second-order valence-corrected chi connectivity index (χ2v) is 17.7. The van der Waals surface area contributed by atoms with Crippen LogP contribution in [0.1, 0.15) is 84.5 Å². The van der Waals surface area contributed by atoms with Gasteiger partial charge in [-0.15, -0.1) is 11.3 Å². The third-order valence-corrected chi connectivity index (χ3v) is 13.6. The summed E-state index contributed by atoms with van der Waals surface area (Å²) in [6.45, 7) is 4.53. The average Bonchev–Trinajstić information content (AvgIpc) is 3.91. The number of pyridine rings is 1. The molecule has 1 spiro atoms. The Balaban J connectivity index is 1.07. The van der Waals surface area contributed by atoms with Gasteiger partial charge < -0.3 is 25.4 Å². The Morgan fingerprint density at radius 3 is 2.65 bits per heavy atom. The zero-order valence-corrected chi connectivity index (χ0v) is 31.1. The van der Waals surface area contributed by atoms with E-state index in [1.807, 2.05) is 35.7 Å². The molecule has 0 bridgehead atoms. The number of rotatable bonds is 8. The summed E-state index contributed by atoms with van der Waals surface area (Å²) < 4.78 is 40.5. The Hall–Kier alpha value is -3.75. The molecule has 0 unspecified atom stereocenters. The minimum Gasteiger partial charge on any atom is -0.497 e.